The van der Waals surface area contributed by atoms with Crippen LogP contribution in [0.5, 0.6) is 0 Å². The van der Waals surface area contributed by atoms with Crippen molar-refractivity contribution < 1.29 is 4.74 Å². The molecule has 6 nitrogen and oxygen atoms in total. The summed E-state index contributed by atoms with van der Waals surface area (Å²) in [6.45, 7) is 4.82. The van der Waals surface area contributed by atoms with Crippen LogP contribution in [0.2, 0.25) is 0 Å². The van der Waals surface area contributed by atoms with Crippen LogP contribution in [0.25, 0.3) is 16.0 Å². The van der Waals surface area contributed by atoms with E-state index in [0.29, 0.717) is 12.4 Å². The minimum absolute atomic E-state index is 0.00501. The molecule has 8 heteroatoms. The summed E-state index contributed by atoms with van der Waals surface area (Å²) in [4.78, 5) is 15.0. The van der Waals surface area contributed by atoms with Crippen molar-refractivity contribution >= 4 is 39.1 Å². The van der Waals surface area contributed by atoms with Crippen LogP contribution in [0.1, 0.15) is 30.7 Å². The Morgan fingerprint density at radius 3 is 2.91 bits per heavy atom. The number of aryl methyl sites for hydroxylation is 1. The molecule has 3 aromatic heterocycles. The molecular formula is C15H18N4O2S2. The first-order valence-electron chi connectivity index (χ1n) is 7.55. The Morgan fingerprint density at radius 1 is 1.43 bits per heavy atom. The maximum atomic E-state index is 12.9. The quantitative estimate of drug-likeness (QED) is 0.665. The van der Waals surface area contributed by atoms with E-state index < -0.39 is 0 Å². The van der Waals surface area contributed by atoms with Gasteiger partial charge in [-0.1, -0.05) is 18.7 Å². The molecule has 1 aliphatic heterocycles. The molecule has 0 fully saturated rings. The number of thiophene rings is 1. The summed E-state index contributed by atoms with van der Waals surface area (Å²) in [5.74, 6) is 0.588. The van der Waals surface area contributed by atoms with Gasteiger partial charge in [-0.2, -0.15) is 0 Å². The van der Waals surface area contributed by atoms with Gasteiger partial charge in [-0.15, -0.1) is 21.5 Å². The fraction of sp³-hybridized carbons (Fsp3) is 0.533. The lowest BCUT2D eigenvalue weighted by Gasteiger charge is -2.32. The molecule has 4 heterocycles. The minimum Gasteiger partial charge on any atom is -0.369 e. The largest absolute Gasteiger partial charge is 0.369 e. The summed E-state index contributed by atoms with van der Waals surface area (Å²) < 4.78 is 9.64. The Kier molecular flexibility index (Phi) is 3.33. The van der Waals surface area contributed by atoms with Gasteiger partial charge in [0.1, 0.15) is 4.83 Å². The predicted octanol–water partition coefficient (Wildman–Crippen LogP) is 2.61. The van der Waals surface area contributed by atoms with Crippen molar-refractivity contribution in [1.29, 1.82) is 0 Å². The highest BCUT2D eigenvalue weighted by molar-refractivity contribution is 7.98. The number of hydrogen-bond donors (Lipinski definition) is 0. The summed E-state index contributed by atoms with van der Waals surface area (Å²) >= 11 is 3.16. The highest BCUT2D eigenvalue weighted by Gasteiger charge is 2.33. The smallest absolute Gasteiger partial charge is 0.263 e. The van der Waals surface area contributed by atoms with Crippen molar-refractivity contribution in [2.45, 2.75) is 44.1 Å². The maximum Gasteiger partial charge on any atom is 0.263 e. The Morgan fingerprint density at radius 2 is 2.22 bits per heavy atom. The van der Waals surface area contributed by atoms with Crippen molar-refractivity contribution in [3.8, 4) is 0 Å². The standard InChI is InChI=1S/C15H18N4O2S2/c1-5-15(2)6-8-9(7-21-15)23-12-10(8)11(20)18(3)13-16-17-14(22-4)19(12)13/h5-7H2,1-4H3/t15-/m0/s1. The van der Waals surface area contributed by atoms with Gasteiger partial charge in [0.2, 0.25) is 5.78 Å². The normalized spacial score (nSPS) is 21.2. The number of nitrogens with zero attached hydrogens (tertiary/aromatic N) is 4. The van der Waals surface area contributed by atoms with Gasteiger partial charge in [-0.05, 0) is 25.2 Å². The SMILES string of the molecule is CC[C@@]1(C)Cc2c(sc3c2c(=O)n(C)c2nnc(SC)n32)CO1. The van der Waals surface area contributed by atoms with E-state index in [1.54, 1.807) is 23.0 Å². The highest BCUT2D eigenvalue weighted by Crippen LogP contribution is 2.39. The lowest BCUT2D eigenvalue weighted by Crippen LogP contribution is -2.34. The fourth-order valence-corrected chi connectivity index (χ4v) is 4.88. The van der Waals surface area contributed by atoms with E-state index in [2.05, 4.69) is 24.0 Å². The van der Waals surface area contributed by atoms with E-state index in [1.165, 1.54) is 11.8 Å². The molecule has 0 aliphatic carbocycles. The van der Waals surface area contributed by atoms with Crippen LogP contribution in [-0.2, 0) is 24.8 Å². The van der Waals surface area contributed by atoms with Crippen LogP contribution in [0, 0.1) is 0 Å². The Bertz CT molecular complexity index is 987. The molecule has 23 heavy (non-hydrogen) atoms. The molecule has 0 saturated heterocycles. The summed E-state index contributed by atoms with van der Waals surface area (Å²) in [7, 11) is 1.76. The predicted molar refractivity (Wildman–Crippen MR) is 92.6 cm³/mol. The number of ether oxygens (including phenoxy) is 1. The van der Waals surface area contributed by atoms with Crippen molar-refractivity contribution in [3.05, 3.63) is 20.8 Å². The van der Waals surface area contributed by atoms with Gasteiger partial charge in [-0.3, -0.25) is 9.36 Å². The number of rotatable bonds is 2. The molecule has 4 rings (SSSR count). The second-order valence-corrected chi connectivity index (χ2v) is 8.00. The Balaban J connectivity index is 2.13. The van der Waals surface area contributed by atoms with E-state index >= 15 is 0 Å². The highest BCUT2D eigenvalue weighted by atomic mass is 32.2. The van der Waals surface area contributed by atoms with Gasteiger partial charge in [0.15, 0.2) is 5.16 Å². The van der Waals surface area contributed by atoms with Crippen LogP contribution < -0.4 is 5.56 Å². The van der Waals surface area contributed by atoms with Gasteiger partial charge in [0.05, 0.1) is 17.6 Å². The molecule has 0 radical (unpaired) electrons. The second kappa shape index (κ2) is 5.06. The molecule has 0 saturated carbocycles. The molecule has 0 spiro atoms. The van der Waals surface area contributed by atoms with Crippen LogP contribution in [0.4, 0.5) is 0 Å². The van der Waals surface area contributed by atoms with Gasteiger partial charge in [-0.25, -0.2) is 4.40 Å². The molecule has 0 aromatic carbocycles. The zero-order chi connectivity index (χ0) is 16.4. The topological polar surface area (TPSA) is 61.4 Å². The van der Waals surface area contributed by atoms with Gasteiger partial charge >= 0.3 is 0 Å². The molecule has 122 valence electrons. The van der Waals surface area contributed by atoms with Crippen molar-refractivity contribution in [2.75, 3.05) is 6.26 Å². The van der Waals surface area contributed by atoms with Crippen LogP contribution in [0.15, 0.2) is 9.95 Å². The summed E-state index contributed by atoms with van der Waals surface area (Å²) in [6, 6.07) is 0. The lowest BCUT2D eigenvalue weighted by molar-refractivity contribution is -0.0543. The third kappa shape index (κ3) is 2.01. The van der Waals surface area contributed by atoms with E-state index in [0.717, 1.165) is 38.7 Å². The molecule has 1 aliphatic rings. The number of fused-ring (bicyclic) bond motifs is 5. The van der Waals surface area contributed by atoms with Crippen molar-refractivity contribution in [1.82, 2.24) is 19.2 Å². The first-order chi connectivity index (χ1) is 11.0. The molecule has 0 unspecified atom stereocenters. The third-order valence-electron chi connectivity index (χ3n) is 4.74. The van der Waals surface area contributed by atoms with Gasteiger partial charge < -0.3 is 4.74 Å². The van der Waals surface area contributed by atoms with E-state index in [4.69, 9.17) is 4.74 Å². The van der Waals surface area contributed by atoms with E-state index in [-0.39, 0.29) is 11.2 Å². The molecule has 0 bridgehead atoms. The molecule has 3 aromatic rings. The van der Waals surface area contributed by atoms with Crippen molar-refractivity contribution in [3.63, 3.8) is 0 Å². The number of aromatic nitrogens is 4. The summed E-state index contributed by atoms with van der Waals surface area (Å²) in [6.07, 6.45) is 3.67. The molecule has 1 atom stereocenters. The Hall–Kier alpha value is -1.38. The number of hydrogen-bond acceptors (Lipinski definition) is 6. The third-order valence-corrected chi connectivity index (χ3v) is 6.56. The zero-order valence-corrected chi connectivity index (χ0v) is 15.2. The van der Waals surface area contributed by atoms with E-state index in [9.17, 15) is 4.79 Å². The first-order valence-corrected chi connectivity index (χ1v) is 9.59. The first kappa shape index (κ1) is 15.2. The molecular weight excluding hydrogens is 332 g/mol. The van der Waals surface area contributed by atoms with Crippen LogP contribution >= 0.6 is 23.1 Å². The summed E-state index contributed by atoms with van der Waals surface area (Å²) in [5.41, 5.74) is 0.950. The zero-order valence-electron chi connectivity index (χ0n) is 13.5. The van der Waals surface area contributed by atoms with Gasteiger partial charge in [0, 0.05) is 18.3 Å². The maximum absolute atomic E-state index is 12.9. The monoisotopic (exact) mass is 350 g/mol. The molecule has 0 N–H and O–H groups in total. The van der Waals surface area contributed by atoms with Crippen molar-refractivity contribution in [2.24, 2.45) is 7.05 Å². The number of thioether (sulfide) groups is 1. The summed E-state index contributed by atoms with van der Waals surface area (Å²) in [5, 5.41) is 10.00. The second-order valence-electron chi connectivity index (χ2n) is 6.14. The minimum atomic E-state index is -0.198. The van der Waals surface area contributed by atoms with Crippen LogP contribution in [0.3, 0.4) is 0 Å². The van der Waals surface area contributed by atoms with Gasteiger partial charge in [0.25, 0.3) is 5.56 Å². The molecule has 0 amide bonds. The fourth-order valence-electron chi connectivity index (χ4n) is 3.12. The average molecular weight is 350 g/mol. The van der Waals surface area contributed by atoms with Crippen LogP contribution in [-0.4, -0.2) is 31.0 Å². The average Bonchev–Trinajstić information content (AvgIpc) is 3.13. The Labute approximate surface area is 141 Å². The lowest BCUT2D eigenvalue weighted by atomic mass is 9.90. The van der Waals surface area contributed by atoms with E-state index in [1.807, 2.05) is 10.7 Å².